The van der Waals surface area contributed by atoms with Gasteiger partial charge in [0.2, 0.25) is 5.91 Å². The highest BCUT2D eigenvalue weighted by Crippen LogP contribution is 2.22. The van der Waals surface area contributed by atoms with Crippen molar-refractivity contribution < 1.29 is 4.79 Å². The predicted octanol–water partition coefficient (Wildman–Crippen LogP) is 0.809. The number of hydrogen-bond donors (Lipinski definition) is 1. The van der Waals surface area contributed by atoms with Crippen LogP contribution in [0.2, 0.25) is 0 Å². The van der Waals surface area contributed by atoms with Gasteiger partial charge in [-0.05, 0) is 26.7 Å². The molecule has 0 aromatic heterocycles. The molecule has 2 aliphatic heterocycles. The standard InChI is InChI=1S/C13H25N3O/c1-10-4-3-5-11(2)16(10)7-6-15-9-12(14)8-13(15)17/h10-12H,3-9,14H2,1-2H3. The summed E-state index contributed by atoms with van der Waals surface area (Å²) < 4.78 is 0. The normalized spacial score (nSPS) is 35.6. The van der Waals surface area contributed by atoms with Crippen molar-refractivity contribution in [2.24, 2.45) is 5.73 Å². The summed E-state index contributed by atoms with van der Waals surface area (Å²) in [5, 5.41) is 0. The van der Waals surface area contributed by atoms with Crippen molar-refractivity contribution in [3.05, 3.63) is 0 Å². The van der Waals surface area contributed by atoms with Gasteiger partial charge in [0.15, 0.2) is 0 Å². The van der Waals surface area contributed by atoms with Crippen molar-refractivity contribution in [1.82, 2.24) is 9.80 Å². The average molecular weight is 239 g/mol. The molecule has 0 aromatic rings. The third-order valence-corrected chi connectivity index (χ3v) is 4.25. The minimum absolute atomic E-state index is 0.0544. The molecule has 3 atom stereocenters. The molecule has 2 fully saturated rings. The van der Waals surface area contributed by atoms with E-state index >= 15 is 0 Å². The number of hydrogen-bond acceptors (Lipinski definition) is 3. The highest BCUT2D eigenvalue weighted by atomic mass is 16.2. The molecule has 0 bridgehead atoms. The van der Waals surface area contributed by atoms with Gasteiger partial charge in [-0.3, -0.25) is 9.69 Å². The van der Waals surface area contributed by atoms with E-state index in [1.54, 1.807) is 0 Å². The SMILES string of the molecule is CC1CCCC(C)N1CCN1CC(N)CC1=O. The molecule has 3 unspecified atom stereocenters. The van der Waals surface area contributed by atoms with Crippen LogP contribution in [0.15, 0.2) is 0 Å². The van der Waals surface area contributed by atoms with E-state index in [0.717, 1.165) is 19.6 Å². The van der Waals surface area contributed by atoms with Crippen molar-refractivity contribution in [3.63, 3.8) is 0 Å². The zero-order valence-electron chi connectivity index (χ0n) is 11.1. The summed E-state index contributed by atoms with van der Waals surface area (Å²) in [7, 11) is 0. The molecule has 2 rings (SSSR count). The van der Waals surface area contributed by atoms with Gasteiger partial charge >= 0.3 is 0 Å². The predicted molar refractivity (Wildman–Crippen MR) is 68.7 cm³/mol. The number of rotatable bonds is 3. The second kappa shape index (κ2) is 5.36. The van der Waals surface area contributed by atoms with E-state index in [4.69, 9.17) is 5.73 Å². The van der Waals surface area contributed by atoms with Gasteiger partial charge in [-0.25, -0.2) is 0 Å². The minimum atomic E-state index is 0.0544. The molecule has 4 heteroatoms. The first-order chi connectivity index (χ1) is 8.08. The molecule has 0 radical (unpaired) electrons. The van der Waals surface area contributed by atoms with E-state index < -0.39 is 0 Å². The second-order valence-electron chi connectivity index (χ2n) is 5.67. The van der Waals surface area contributed by atoms with Crippen molar-refractivity contribution in [3.8, 4) is 0 Å². The Morgan fingerprint density at radius 2 is 1.88 bits per heavy atom. The summed E-state index contributed by atoms with van der Waals surface area (Å²) in [5.41, 5.74) is 5.80. The van der Waals surface area contributed by atoms with Crippen LogP contribution in [0.3, 0.4) is 0 Å². The third kappa shape index (κ3) is 2.99. The zero-order valence-corrected chi connectivity index (χ0v) is 11.1. The van der Waals surface area contributed by atoms with Gasteiger partial charge in [0.25, 0.3) is 0 Å². The molecule has 4 nitrogen and oxygen atoms in total. The lowest BCUT2D eigenvalue weighted by Gasteiger charge is -2.39. The first-order valence-electron chi connectivity index (χ1n) is 6.87. The van der Waals surface area contributed by atoms with Crippen LogP contribution in [-0.4, -0.2) is 53.5 Å². The average Bonchev–Trinajstić information content (AvgIpc) is 2.57. The molecule has 17 heavy (non-hydrogen) atoms. The second-order valence-corrected chi connectivity index (χ2v) is 5.67. The van der Waals surface area contributed by atoms with Gasteiger partial charge in [-0.15, -0.1) is 0 Å². The fourth-order valence-corrected chi connectivity index (χ4v) is 3.17. The Morgan fingerprint density at radius 3 is 2.41 bits per heavy atom. The molecular weight excluding hydrogens is 214 g/mol. The van der Waals surface area contributed by atoms with Gasteiger partial charge < -0.3 is 10.6 Å². The summed E-state index contributed by atoms with van der Waals surface area (Å²) in [5.74, 6) is 0.231. The lowest BCUT2D eigenvalue weighted by atomic mass is 9.98. The van der Waals surface area contributed by atoms with Gasteiger partial charge in [0.1, 0.15) is 0 Å². The van der Waals surface area contributed by atoms with Crippen LogP contribution >= 0.6 is 0 Å². The fraction of sp³-hybridized carbons (Fsp3) is 0.923. The topological polar surface area (TPSA) is 49.6 Å². The molecule has 2 saturated heterocycles. The maximum absolute atomic E-state index is 11.6. The summed E-state index contributed by atoms with van der Waals surface area (Å²) in [6.45, 7) is 7.19. The van der Waals surface area contributed by atoms with E-state index in [-0.39, 0.29) is 11.9 Å². The zero-order chi connectivity index (χ0) is 12.4. The van der Waals surface area contributed by atoms with Crippen molar-refractivity contribution in [2.45, 2.75) is 57.7 Å². The van der Waals surface area contributed by atoms with Crippen LogP contribution in [0.25, 0.3) is 0 Å². The number of likely N-dealkylation sites (tertiary alicyclic amines) is 2. The van der Waals surface area contributed by atoms with E-state index in [9.17, 15) is 4.79 Å². The minimum Gasteiger partial charge on any atom is -0.340 e. The smallest absolute Gasteiger partial charge is 0.224 e. The Bertz CT molecular complexity index is 272. The van der Waals surface area contributed by atoms with Gasteiger partial charge in [-0.2, -0.15) is 0 Å². The summed E-state index contributed by atoms with van der Waals surface area (Å²) in [6, 6.07) is 1.37. The quantitative estimate of drug-likeness (QED) is 0.793. The largest absolute Gasteiger partial charge is 0.340 e. The van der Waals surface area contributed by atoms with Crippen molar-refractivity contribution in [1.29, 1.82) is 0 Å². The summed E-state index contributed by atoms with van der Waals surface area (Å²) >= 11 is 0. The highest BCUT2D eigenvalue weighted by molar-refractivity contribution is 5.79. The Labute approximate surface area is 104 Å². The first-order valence-corrected chi connectivity index (χ1v) is 6.87. The van der Waals surface area contributed by atoms with Crippen LogP contribution in [-0.2, 0) is 4.79 Å². The van der Waals surface area contributed by atoms with Crippen LogP contribution in [0.4, 0.5) is 0 Å². The number of carbonyl (C=O) groups is 1. The molecular formula is C13H25N3O. The maximum Gasteiger partial charge on any atom is 0.224 e. The first kappa shape index (κ1) is 12.8. The van der Waals surface area contributed by atoms with Crippen LogP contribution < -0.4 is 5.73 Å². The van der Waals surface area contributed by atoms with Crippen LogP contribution in [0.5, 0.6) is 0 Å². The molecule has 98 valence electrons. The summed E-state index contributed by atoms with van der Waals surface area (Å²) in [6.07, 6.45) is 4.45. The third-order valence-electron chi connectivity index (χ3n) is 4.25. The monoisotopic (exact) mass is 239 g/mol. The van der Waals surface area contributed by atoms with E-state index in [0.29, 0.717) is 18.5 Å². The Kier molecular flexibility index (Phi) is 4.05. The summed E-state index contributed by atoms with van der Waals surface area (Å²) in [4.78, 5) is 16.1. The van der Waals surface area contributed by atoms with Gasteiger partial charge in [0, 0.05) is 44.2 Å². The number of piperidine rings is 1. The molecule has 2 heterocycles. The number of nitrogens with zero attached hydrogens (tertiary/aromatic N) is 2. The molecule has 0 aromatic carbocycles. The molecule has 0 aliphatic carbocycles. The molecule has 2 aliphatic rings. The molecule has 0 saturated carbocycles. The van der Waals surface area contributed by atoms with Crippen LogP contribution in [0, 0.1) is 0 Å². The number of carbonyl (C=O) groups excluding carboxylic acids is 1. The van der Waals surface area contributed by atoms with E-state index in [1.165, 1.54) is 19.3 Å². The highest BCUT2D eigenvalue weighted by Gasteiger charge is 2.29. The Morgan fingerprint density at radius 1 is 1.24 bits per heavy atom. The van der Waals surface area contributed by atoms with Crippen molar-refractivity contribution >= 4 is 5.91 Å². The lowest BCUT2D eigenvalue weighted by Crippen LogP contribution is -2.47. The molecule has 1 amide bonds. The van der Waals surface area contributed by atoms with Gasteiger partial charge in [-0.1, -0.05) is 6.42 Å². The van der Waals surface area contributed by atoms with E-state index in [2.05, 4.69) is 18.7 Å². The number of amides is 1. The fourth-order valence-electron chi connectivity index (χ4n) is 3.17. The van der Waals surface area contributed by atoms with Crippen LogP contribution in [0.1, 0.15) is 39.5 Å². The number of nitrogens with two attached hydrogens (primary N) is 1. The Balaban J connectivity index is 1.82. The Hall–Kier alpha value is -0.610. The lowest BCUT2D eigenvalue weighted by molar-refractivity contribution is -0.128. The maximum atomic E-state index is 11.6. The van der Waals surface area contributed by atoms with Gasteiger partial charge in [0.05, 0.1) is 0 Å². The van der Waals surface area contributed by atoms with E-state index in [1.807, 2.05) is 4.90 Å². The molecule has 0 spiro atoms. The van der Waals surface area contributed by atoms with Crippen molar-refractivity contribution in [2.75, 3.05) is 19.6 Å². The molecule has 2 N–H and O–H groups in total.